The highest BCUT2D eigenvalue weighted by Gasteiger charge is 2.38. The number of para-hydroxylation sites is 1. The van der Waals surface area contributed by atoms with E-state index in [1.165, 1.54) is 11.8 Å². The Hall–Kier alpha value is -3.21. The van der Waals surface area contributed by atoms with E-state index in [1.807, 2.05) is 25.3 Å². The minimum absolute atomic E-state index is 0.181. The van der Waals surface area contributed by atoms with Crippen LogP contribution < -0.4 is 4.90 Å². The van der Waals surface area contributed by atoms with E-state index in [2.05, 4.69) is 36.0 Å². The summed E-state index contributed by atoms with van der Waals surface area (Å²) in [6.07, 6.45) is 3.39. The van der Waals surface area contributed by atoms with Gasteiger partial charge in [-0.25, -0.2) is 0 Å². The van der Waals surface area contributed by atoms with E-state index in [0.717, 1.165) is 16.4 Å². The molecule has 0 aromatic heterocycles. The van der Waals surface area contributed by atoms with Gasteiger partial charge >= 0.3 is 0 Å². The molecule has 26 heavy (non-hydrogen) atoms. The average Bonchev–Trinajstić information content (AvgIpc) is 3.00. The van der Waals surface area contributed by atoms with Crippen LogP contribution >= 0.6 is 0 Å². The molecule has 2 amide bonds. The first-order valence-electron chi connectivity index (χ1n) is 8.48. The lowest BCUT2D eigenvalue weighted by atomic mass is 9.84. The molecule has 0 aliphatic carbocycles. The van der Waals surface area contributed by atoms with Crippen molar-refractivity contribution in [2.75, 3.05) is 11.9 Å². The van der Waals surface area contributed by atoms with Crippen molar-refractivity contribution in [3.8, 4) is 0 Å². The molecule has 130 valence electrons. The van der Waals surface area contributed by atoms with Gasteiger partial charge in [0.1, 0.15) is 0 Å². The number of hydrogen-bond donors (Lipinski definition) is 0. The van der Waals surface area contributed by atoms with Gasteiger partial charge in [-0.05, 0) is 29.8 Å². The van der Waals surface area contributed by atoms with Crippen molar-refractivity contribution < 1.29 is 9.59 Å². The second-order valence-corrected chi connectivity index (χ2v) is 6.99. The van der Waals surface area contributed by atoms with Crippen LogP contribution in [0.4, 0.5) is 5.69 Å². The van der Waals surface area contributed by atoms with Gasteiger partial charge in [0.25, 0.3) is 11.8 Å². The molecule has 5 heteroatoms. The lowest BCUT2D eigenvalue weighted by molar-refractivity contribution is 0.0660. The molecule has 0 unspecified atom stereocenters. The number of benzene rings is 2. The van der Waals surface area contributed by atoms with Crippen molar-refractivity contribution >= 4 is 23.7 Å². The van der Waals surface area contributed by atoms with Crippen LogP contribution in [0, 0.1) is 0 Å². The predicted octanol–water partition coefficient (Wildman–Crippen LogP) is 3.58. The number of carbonyl (C=O) groups excluding carboxylic acids is 2. The molecule has 0 atom stereocenters. The number of amides is 2. The first-order chi connectivity index (χ1) is 12.4. The van der Waals surface area contributed by atoms with E-state index in [9.17, 15) is 9.59 Å². The van der Waals surface area contributed by atoms with Gasteiger partial charge in [0.2, 0.25) is 0 Å². The van der Waals surface area contributed by atoms with Gasteiger partial charge in [-0.1, -0.05) is 44.2 Å². The van der Waals surface area contributed by atoms with Crippen molar-refractivity contribution in [3.05, 3.63) is 77.0 Å². The third-order valence-electron chi connectivity index (χ3n) is 5.13. The highest BCUT2D eigenvalue weighted by molar-refractivity contribution is 6.21. The molecular formula is C21H19N3O2. The summed E-state index contributed by atoms with van der Waals surface area (Å²) in [5, 5.41) is 5.06. The number of rotatable bonds is 2. The van der Waals surface area contributed by atoms with Crippen LogP contribution in [-0.2, 0) is 5.41 Å². The number of hydrazone groups is 1. The maximum Gasteiger partial charge on any atom is 0.282 e. The van der Waals surface area contributed by atoms with Crippen LogP contribution in [0.1, 0.15) is 40.1 Å². The Bertz CT molecular complexity index is 953. The Morgan fingerprint density at radius 3 is 2.12 bits per heavy atom. The Kier molecular flexibility index (Phi) is 3.54. The Morgan fingerprint density at radius 1 is 0.923 bits per heavy atom. The molecule has 2 aromatic rings. The minimum atomic E-state index is -0.387. The first kappa shape index (κ1) is 16.3. The fourth-order valence-electron chi connectivity index (χ4n) is 3.75. The smallest absolute Gasteiger partial charge is 0.282 e. The molecule has 0 saturated heterocycles. The standard InChI is InChI=1S/C21H19N3O2/c1-21(2)16-10-6-7-11-17(16)23(3)18(21)12-13-22-24-19(25)14-8-4-5-9-15(14)20(24)26/h4-13H,1-3H3/b18-12+,22-13+. The quantitative estimate of drug-likeness (QED) is 0.617. The summed E-state index contributed by atoms with van der Waals surface area (Å²) in [4.78, 5) is 26.8. The van der Waals surface area contributed by atoms with Crippen molar-refractivity contribution in [1.82, 2.24) is 5.01 Å². The van der Waals surface area contributed by atoms with Crippen LogP contribution in [0.25, 0.3) is 0 Å². The largest absolute Gasteiger partial charge is 0.347 e. The van der Waals surface area contributed by atoms with Gasteiger partial charge < -0.3 is 4.90 Å². The third kappa shape index (κ3) is 2.20. The van der Waals surface area contributed by atoms with Crippen molar-refractivity contribution in [3.63, 3.8) is 0 Å². The molecule has 0 bridgehead atoms. The first-order valence-corrected chi connectivity index (χ1v) is 8.48. The monoisotopic (exact) mass is 345 g/mol. The lowest BCUT2D eigenvalue weighted by Crippen LogP contribution is -2.25. The third-order valence-corrected chi connectivity index (χ3v) is 5.13. The predicted molar refractivity (Wildman–Crippen MR) is 101 cm³/mol. The highest BCUT2D eigenvalue weighted by Crippen LogP contribution is 2.46. The average molecular weight is 345 g/mol. The van der Waals surface area contributed by atoms with Crippen LogP contribution in [0.3, 0.4) is 0 Å². The summed E-state index contributed by atoms with van der Waals surface area (Å²) < 4.78 is 0. The summed E-state index contributed by atoms with van der Waals surface area (Å²) in [7, 11) is 2.01. The van der Waals surface area contributed by atoms with Crippen LogP contribution in [0.15, 0.2) is 65.4 Å². The number of carbonyl (C=O) groups is 2. The van der Waals surface area contributed by atoms with E-state index in [1.54, 1.807) is 24.3 Å². The number of imide groups is 1. The van der Waals surface area contributed by atoms with E-state index >= 15 is 0 Å². The zero-order valence-electron chi connectivity index (χ0n) is 14.9. The van der Waals surface area contributed by atoms with Crippen molar-refractivity contribution in [1.29, 1.82) is 0 Å². The minimum Gasteiger partial charge on any atom is -0.347 e. The van der Waals surface area contributed by atoms with Gasteiger partial charge in [0.15, 0.2) is 0 Å². The molecule has 5 nitrogen and oxygen atoms in total. The summed E-state index contributed by atoms with van der Waals surface area (Å²) in [6.45, 7) is 4.30. The maximum absolute atomic E-state index is 12.4. The number of hydrogen-bond acceptors (Lipinski definition) is 4. The molecule has 2 heterocycles. The van der Waals surface area contributed by atoms with Gasteiger partial charge in [-0.2, -0.15) is 10.1 Å². The summed E-state index contributed by atoms with van der Waals surface area (Å²) in [5.41, 5.74) is 4.06. The summed E-state index contributed by atoms with van der Waals surface area (Å²) in [6, 6.07) is 15.0. The normalized spacial score (nSPS) is 19.6. The lowest BCUT2D eigenvalue weighted by Gasteiger charge is -2.23. The fraction of sp³-hybridized carbons (Fsp3) is 0.190. The number of nitrogens with zero attached hydrogens (tertiary/aromatic N) is 3. The van der Waals surface area contributed by atoms with E-state index < -0.39 is 0 Å². The molecule has 0 N–H and O–H groups in total. The van der Waals surface area contributed by atoms with Crippen molar-refractivity contribution in [2.45, 2.75) is 19.3 Å². The molecule has 2 aromatic carbocycles. The van der Waals surface area contributed by atoms with Crippen LogP contribution in [0.5, 0.6) is 0 Å². The number of likely N-dealkylation sites (N-methyl/N-ethyl adjacent to an activating group) is 1. The van der Waals surface area contributed by atoms with Gasteiger partial charge in [0, 0.05) is 30.1 Å². The molecule has 0 saturated carbocycles. The second kappa shape index (κ2) is 5.66. The van der Waals surface area contributed by atoms with E-state index in [0.29, 0.717) is 11.1 Å². The van der Waals surface area contributed by atoms with E-state index in [4.69, 9.17) is 0 Å². The van der Waals surface area contributed by atoms with E-state index in [-0.39, 0.29) is 17.2 Å². The summed E-state index contributed by atoms with van der Waals surface area (Å²) >= 11 is 0. The molecule has 0 fully saturated rings. The zero-order chi connectivity index (χ0) is 18.5. The molecule has 4 rings (SSSR count). The van der Waals surface area contributed by atoms with Crippen LogP contribution in [-0.4, -0.2) is 30.1 Å². The SMILES string of the molecule is CN1/C(=C/C=N/N2C(=O)c3ccccc3C2=O)C(C)(C)c2ccccc21. The number of allylic oxidation sites excluding steroid dienone is 2. The topological polar surface area (TPSA) is 53.0 Å². The van der Waals surface area contributed by atoms with Crippen molar-refractivity contribution in [2.24, 2.45) is 5.10 Å². The molecule has 2 aliphatic rings. The maximum atomic E-state index is 12.4. The van der Waals surface area contributed by atoms with Gasteiger partial charge in [0.05, 0.1) is 11.1 Å². The fourth-order valence-corrected chi connectivity index (χ4v) is 3.75. The Morgan fingerprint density at radius 2 is 1.50 bits per heavy atom. The Labute approximate surface area is 152 Å². The summed E-state index contributed by atoms with van der Waals surface area (Å²) in [5.74, 6) is -0.773. The van der Waals surface area contributed by atoms with Gasteiger partial charge in [-0.15, -0.1) is 0 Å². The van der Waals surface area contributed by atoms with Crippen LogP contribution in [0.2, 0.25) is 0 Å². The van der Waals surface area contributed by atoms with Gasteiger partial charge in [-0.3, -0.25) is 9.59 Å². The number of fused-ring (bicyclic) bond motifs is 2. The molecular weight excluding hydrogens is 326 g/mol. The number of anilines is 1. The second-order valence-electron chi connectivity index (χ2n) is 6.99. The Balaban J connectivity index is 1.64. The highest BCUT2D eigenvalue weighted by atomic mass is 16.2. The molecule has 2 aliphatic heterocycles. The molecule has 0 spiro atoms. The molecule has 0 radical (unpaired) electrons. The zero-order valence-corrected chi connectivity index (χ0v) is 14.9.